The van der Waals surface area contributed by atoms with Crippen molar-refractivity contribution in [2.24, 2.45) is 4.99 Å². The zero-order valence-electron chi connectivity index (χ0n) is 16.6. The summed E-state index contributed by atoms with van der Waals surface area (Å²) in [5.41, 5.74) is 4.64. The first kappa shape index (κ1) is 22.2. The van der Waals surface area contributed by atoms with Gasteiger partial charge in [0.2, 0.25) is 5.91 Å². The zero-order chi connectivity index (χ0) is 19.1. The number of anilines is 1. The minimum atomic E-state index is 0. The van der Waals surface area contributed by atoms with Crippen LogP contribution in [0, 0.1) is 6.92 Å². The molecule has 1 saturated heterocycles. The fourth-order valence-corrected chi connectivity index (χ4v) is 3.20. The number of guanidine groups is 1. The first-order valence-electron chi connectivity index (χ1n) is 9.63. The molecule has 1 aliphatic heterocycles. The number of carbonyl (C=O) groups excluding carboxylic acids is 1. The maximum Gasteiger partial charge on any atom is 0.227 e. The van der Waals surface area contributed by atoms with Crippen LogP contribution in [0.4, 0.5) is 5.69 Å². The van der Waals surface area contributed by atoms with E-state index in [-0.39, 0.29) is 29.9 Å². The molecule has 1 aliphatic rings. The van der Waals surface area contributed by atoms with Crippen molar-refractivity contribution in [2.75, 3.05) is 18.0 Å². The minimum Gasteiger partial charge on any atom is -0.357 e. The SMILES string of the molecule is CCNC(=NCc1ccc(N2CCCC2=O)cc1)NCc1ccccc1C.I. The molecule has 0 bridgehead atoms. The van der Waals surface area contributed by atoms with E-state index in [4.69, 9.17) is 0 Å². The summed E-state index contributed by atoms with van der Waals surface area (Å²) in [5, 5.41) is 6.69. The molecule has 0 radical (unpaired) electrons. The molecule has 2 N–H and O–H groups in total. The summed E-state index contributed by atoms with van der Waals surface area (Å²) in [6.45, 7) is 7.16. The lowest BCUT2D eigenvalue weighted by Gasteiger charge is -2.16. The second kappa shape index (κ2) is 11.0. The number of amides is 1. The van der Waals surface area contributed by atoms with Crippen molar-refractivity contribution in [3.63, 3.8) is 0 Å². The number of aliphatic imine (C=N–C) groups is 1. The maximum absolute atomic E-state index is 11.8. The minimum absolute atomic E-state index is 0. The molecule has 2 aromatic rings. The highest BCUT2D eigenvalue weighted by Crippen LogP contribution is 2.21. The monoisotopic (exact) mass is 492 g/mol. The van der Waals surface area contributed by atoms with Gasteiger partial charge in [-0.15, -0.1) is 24.0 Å². The normalized spacial score (nSPS) is 14.0. The average molecular weight is 492 g/mol. The Balaban J connectivity index is 0.00000280. The van der Waals surface area contributed by atoms with Crippen LogP contribution in [-0.2, 0) is 17.9 Å². The molecule has 2 aromatic carbocycles. The number of hydrogen-bond acceptors (Lipinski definition) is 2. The van der Waals surface area contributed by atoms with Crippen LogP contribution >= 0.6 is 24.0 Å². The van der Waals surface area contributed by atoms with E-state index in [1.807, 2.05) is 17.0 Å². The molecule has 0 spiro atoms. The average Bonchev–Trinajstić information content (AvgIpc) is 3.11. The van der Waals surface area contributed by atoms with Gasteiger partial charge < -0.3 is 15.5 Å². The van der Waals surface area contributed by atoms with Crippen LogP contribution in [0.1, 0.15) is 36.5 Å². The molecule has 0 saturated carbocycles. The van der Waals surface area contributed by atoms with Gasteiger partial charge in [-0.3, -0.25) is 4.79 Å². The van der Waals surface area contributed by atoms with Crippen molar-refractivity contribution >= 4 is 41.5 Å². The number of nitrogens with one attached hydrogen (secondary N) is 2. The highest BCUT2D eigenvalue weighted by Gasteiger charge is 2.21. The Bertz CT molecular complexity index is 804. The lowest BCUT2D eigenvalue weighted by atomic mass is 10.1. The molecule has 1 heterocycles. The third kappa shape index (κ3) is 5.95. The molecule has 5 nitrogen and oxygen atoms in total. The second-order valence-corrected chi connectivity index (χ2v) is 6.79. The molecular formula is C22H29IN4O. The molecule has 1 fully saturated rings. The summed E-state index contributed by atoms with van der Waals surface area (Å²) in [6, 6.07) is 16.5. The first-order valence-corrected chi connectivity index (χ1v) is 9.63. The summed E-state index contributed by atoms with van der Waals surface area (Å²) < 4.78 is 0. The van der Waals surface area contributed by atoms with E-state index in [1.165, 1.54) is 11.1 Å². The van der Waals surface area contributed by atoms with Gasteiger partial charge in [0.25, 0.3) is 0 Å². The van der Waals surface area contributed by atoms with E-state index in [2.05, 4.69) is 65.9 Å². The summed E-state index contributed by atoms with van der Waals surface area (Å²) in [5.74, 6) is 1.02. The van der Waals surface area contributed by atoms with E-state index in [0.717, 1.165) is 43.3 Å². The van der Waals surface area contributed by atoms with Gasteiger partial charge in [0.15, 0.2) is 5.96 Å². The first-order chi connectivity index (χ1) is 13.2. The van der Waals surface area contributed by atoms with Crippen molar-refractivity contribution in [3.8, 4) is 0 Å². The van der Waals surface area contributed by atoms with E-state index in [0.29, 0.717) is 13.0 Å². The summed E-state index contributed by atoms with van der Waals surface area (Å²) in [6.07, 6.45) is 1.61. The molecule has 0 atom stereocenters. The molecule has 6 heteroatoms. The van der Waals surface area contributed by atoms with Crippen molar-refractivity contribution in [2.45, 2.75) is 39.8 Å². The fraction of sp³-hybridized carbons (Fsp3) is 0.364. The molecule has 3 rings (SSSR count). The van der Waals surface area contributed by atoms with Crippen LogP contribution in [0.3, 0.4) is 0 Å². The number of hydrogen-bond donors (Lipinski definition) is 2. The second-order valence-electron chi connectivity index (χ2n) is 6.79. The van der Waals surface area contributed by atoms with Gasteiger partial charge in [0.1, 0.15) is 0 Å². The Morgan fingerprint density at radius 3 is 2.50 bits per heavy atom. The van der Waals surface area contributed by atoms with Gasteiger partial charge in [-0.2, -0.15) is 0 Å². The predicted molar refractivity (Wildman–Crippen MR) is 126 cm³/mol. The molecule has 1 amide bonds. The van der Waals surface area contributed by atoms with Crippen LogP contribution < -0.4 is 15.5 Å². The topological polar surface area (TPSA) is 56.7 Å². The van der Waals surface area contributed by atoms with E-state index >= 15 is 0 Å². The predicted octanol–water partition coefficient (Wildman–Crippen LogP) is 4.00. The van der Waals surface area contributed by atoms with Gasteiger partial charge >= 0.3 is 0 Å². The fourth-order valence-electron chi connectivity index (χ4n) is 3.20. The maximum atomic E-state index is 11.8. The van der Waals surface area contributed by atoms with Crippen molar-refractivity contribution in [3.05, 3.63) is 65.2 Å². The smallest absolute Gasteiger partial charge is 0.227 e. The summed E-state index contributed by atoms with van der Waals surface area (Å²) in [4.78, 5) is 18.4. The Hall–Kier alpha value is -2.09. The Kier molecular flexibility index (Phi) is 8.76. The van der Waals surface area contributed by atoms with Gasteiger partial charge in [-0.1, -0.05) is 36.4 Å². The number of rotatable bonds is 6. The molecule has 0 aliphatic carbocycles. The molecule has 150 valence electrons. The van der Waals surface area contributed by atoms with Crippen LogP contribution in [0.25, 0.3) is 0 Å². The molecular weight excluding hydrogens is 463 g/mol. The quantitative estimate of drug-likeness (QED) is 0.364. The Morgan fingerprint density at radius 1 is 1.11 bits per heavy atom. The van der Waals surface area contributed by atoms with Gasteiger partial charge in [0, 0.05) is 31.7 Å². The number of carbonyl (C=O) groups is 1. The molecule has 0 unspecified atom stereocenters. The summed E-state index contributed by atoms with van der Waals surface area (Å²) in [7, 11) is 0. The molecule has 28 heavy (non-hydrogen) atoms. The number of aryl methyl sites for hydroxylation is 1. The van der Waals surface area contributed by atoms with Crippen molar-refractivity contribution in [1.82, 2.24) is 10.6 Å². The van der Waals surface area contributed by atoms with E-state index < -0.39 is 0 Å². The van der Waals surface area contributed by atoms with Gasteiger partial charge in [-0.25, -0.2) is 4.99 Å². The Morgan fingerprint density at radius 2 is 1.86 bits per heavy atom. The van der Waals surface area contributed by atoms with E-state index in [9.17, 15) is 4.79 Å². The van der Waals surface area contributed by atoms with Crippen LogP contribution in [0.2, 0.25) is 0 Å². The van der Waals surface area contributed by atoms with Crippen LogP contribution in [0.5, 0.6) is 0 Å². The zero-order valence-corrected chi connectivity index (χ0v) is 18.9. The molecule has 0 aromatic heterocycles. The lowest BCUT2D eigenvalue weighted by molar-refractivity contribution is -0.117. The third-order valence-electron chi connectivity index (χ3n) is 4.79. The number of nitrogens with zero attached hydrogens (tertiary/aromatic N) is 2. The largest absolute Gasteiger partial charge is 0.357 e. The highest BCUT2D eigenvalue weighted by atomic mass is 127. The van der Waals surface area contributed by atoms with Gasteiger partial charge in [0.05, 0.1) is 6.54 Å². The third-order valence-corrected chi connectivity index (χ3v) is 4.79. The Labute approximate surface area is 184 Å². The number of halogens is 1. The van der Waals surface area contributed by atoms with Crippen LogP contribution in [-0.4, -0.2) is 25.0 Å². The summed E-state index contributed by atoms with van der Waals surface area (Å²) >= 11 is 0. The van der Waals surface area contributed by atoms with Crippen molar-refractivity contribution in [1.29, 1.82) is 0 Å². The highest BCUT2D eigenvalue weighted by molar-refractivity contribution is 14.0. The lowest BCUT2D eigenvalue weighted by Crippen LogP contribution is -2.36. The van der Waals surface area contributed by atoms with Gasteiger partial charge in [-0.05, 0) is 49.1 Å². The van der Waals surface area contributed by atoms with Crippen LogP contribution in [0.15, 0.2) is 53.5 Å². The number of benzene rings is 2. The van der Waals surface area contributed by atoms with Crippen molar-refractivity contribution < 1.29 is 4.79 Å². The standard InChI is InChI=1S/C22H28N4O.HI/c1-3-23-22(25-16-19-8-5-4-7-17(19)2)24-15-18-10-12-20(13-11-18)26-14-6-9-21(26)27;/h4-5,7-8,10-13H,3,6,9,14-16H2,1-2H3,(H2,23,24,25);1H. The van der Waals surface area contributed by atoms with E-state index in [1.54, 1.807) is 0 Å².